The van der Waals surface area contributed by atoms with Gasteiger partial charge in [0.1, 0.15) is 0 Å². The Morgan fingerprint density at radius 3 is 2.00 bits per heavy atom. The number of carbonyl (C=O) groups excluding carboxylic acids is 1. The lowest BCUT2D eigenvalue weighted by Gasteiger charge is -2.18. The Balaban J connectivity index is 2.17. The molecule has 0 spiro atoms. The highest BCUT2D eigenvalue weighted by Crippen LogP contribution is 2.20. The molecule has 1 atom stereocenters. The summed E-state index contributed by atoms with van der Waals surface area (Å²) >= 11 is 0. The third-order valence-corrected chi connectivity index (χ3v) is 4.18. The van der Waals surface area contributed by atoms with Gasteiger partial charge in [-0.3, -0.25) is 4.79 Å². The fourth-order valence-corrected chi connectivity index (χ4v) is 2.91. The van der Waals surface area contributed by atoms with Crippen LogP contribution in [0.5, 0.6) is 0 Å². The van der Waals surface area contributed by atoms with E-state index in [-0.39, 0.29) is 11.9 Å². The molecule has 0 aromatic heterocycles. The van der Waals surface area contributed by atoms with Crippen LogP contribution in [0.4, 0.5) is 0 Å². The van der Waals surface area contributed by atoms with Crippen molar-refractivity contribution in [3.05, 3.63) is 35.9 Å². The number of benzene rings is 1. The molecule has 1 N–H and O–H groups in total. The van der Waals surface area contributed by atoms with Crippen LogP contribution >= 0.6 is 0 Å². The Bertz CT molecular complexity index is 388. The van der Waals surface area contributed by atoms with Crippen LogP contribution in [0.1, 0.15) is 89.7 Å². The number of hydrogen-bond donors (Lipinski definition) is 1. The molecule has 1 amide bonds. The van der Waals surface area contributed by atoms with Gasteiger partial charge in [0.2, 0.25) is 5.91 Å². The number of unbranched alkanes of at least 4 members (excludes halogenated alkanes) is 8. The second-order valence-electron chi connectivity index (χ2n) is 6.28. The van der Waals surface area contributed by atoms with Gasteiger partial charge in [-0.05, 0) is 12.0 Å². The van der Waals surface area contributed by atoms with Gasteiger partial charge in [-0.25, -0.2) is 0 Å². The van der Waals surface area contributed by atoms with E-state index in [1.807, 2.05) is 18.2 Å². The first-order valence-corrected chi connectivity index (χ1v) is 9.06. The van der Waals surface area contributed by atoms with Crippen molar-refractivity contribution in [1.82, 2.24) is 5.32 Å². The molecule has 0 radical (unpaired) electrons. The Hall–Kier alpha value is -1.31. The Morgan fingerprint density at radius 1 is 0.909 bits per heavy atom. The van der Waals surface area contributed by atoms with Gasteiger partial charge in [-0.1, -0.05) is 95.0 Å². The van der Waals surface area contributed by atoms with Gasteiger partial charge in [0, 0.05) is 6.92 Å². The van der Waals surface area contributed by atoms with Crippen molar-refractivity contribution in [1.29, 1.82) is 0 Å². The maximum absolute atomic E-state index is 11.4. The van der Waals surface area contributed by atoms with Crippen molar-refractivity contribution < 1.29 is 4.79 Å². The predicted molar refractivity (Wildman–Crippen MR) is 94.8 cm³/mol. The van der Waals surface area contributed by atoms with Crippen LogP contribution in [0.25, 0.3) is 0 Å². The Morgan fingerprint density at radius 2 is 1.45 bits per heavy atom. The van der Waals surface area contributed by atoms with Crippen molar-refractivity contribution in [2.45, 2.75) is 84.1 Å². The van der Waals surface area contributed by atoms with Crippen LogP contribution in [0, 0.1) is 0 Å². The molecule has 0 aliphatic rings. The van der Waals surface area contributed by atoms with E-state index in [0.717, 1.165) is 6.42 Å². The first-order valence-electron chi connectivity index (χ1n) is 9.06. The van der Waals surface area contributed by atoms with Crippen LogP contribution < -0.4 is 5.32 Å². The van der Waals surface area contributed by atoms with Gasteiger partial charge in [0.25, 0.3) is 0 Å². The largest absolute Gasteiger partial charge is 0.350 e. The lowest BCUT2D eigenvalue weighted by molar-refractivity contribution is -0.119. The minimum absolute atomic E-state index is 0.0600. The first-order chi connectivity index (χ1) is 10.7. The molecule has 0 saturated carbocycles. The van der Waals surface area contributed by atoms with Crippen molar-refractivity contribution in [2.75, 3.05) is 0 Å². The molecule has 22 heavy (non-hydrogen) atoms. The molecule has 1 aromatic rings. The van der Waals surface area contributed by atoms with Crippen LogP contribution in [0.3, 0.4) is 0 Å². The number of hydrogen-bond acceptors (Lipinski definition) is 1. The molecule has 0 aliphatic heterocycles. The maximum Gasteiger partial charge on any atom is 0.217 e. The molecule has 124 valence electrons. The van der Waals surface area contributed by atoms with E-state index < -0.39 is 0 Å². The van der Waals surface area contributed by atoms with Gasteiger partial charge in [-0.2, -0.15) is 0 Å². The normalized spacial score (nSPS) is 12.1. The zero-order valence-corrected chi connectivity index (χ0v) is 14.4. The van der Waals surface area contributed by atoms with Crippen LogP contribution in [-0.4, -0.2) is 5.91 Å². The zero-order valence-electron chi connectivity index (χ0n) is 14.4. The highest BCUT2D eigenvalue weighted by atomic mass is 16.1. The molecule has 1 rings (SSSR count). The maximum atomic E-state index is 11.4. The summed E-state index contributed by atoms with van der Waals surface area (Å²) in [7, 11) is 0. The molecular formula is C20H33NO. The van der Waals surface area contributed by atoms with E-state index in [4.69, 9.17) is 0 Å². The number of nitrogens with one attached hydrogen (secondary N) is 1. The van der Waals surface area contributed by atoms with E-state index in [0.29, 0.717) is 0 Å². The van der Waals surface area contributed by atoms with Crippen molar-refractivity contribution in [3.63, 3.8) is 0 Å². The summed E-state index contributed by atoms with van der Waals surface area (Å²) in [5.41, 5.74) is 1.22. The van der Waals surface area contributed by atoms with Crippen LogP contribution in [0.15, 0.2) is 30.3 Å². The minimum atomic E-state index is 0.0600. The molecule has 0 fully saturated rings. The lowest BCUT2D eigenvalue weighted by Crippen LogP contribution is -2.25. The summed E-state index contributed by atoms with van der Waals surface area (Å²) in [4.78, 5) is 11.4. The number of amides is 1. The third kappa shape index (κ3) is 8.86. The van der Waals surface area contributed by atoms with E-state index in [1.165, 1.54) is 63.4 Å². The average Bonchev–Trinajstić information content (AvgIpc) is 2.52. The molecule has 0 saturated heterocycles. The fourth-order valence-electron chi connectivity index (χ4n) is 2.91. The zero-order chi connectivity index (χ0) is 16.0. The first kappa shape index (κ1) is 18.7. The number of rotatable bonds is 12. The summed E-state index contributed by atoms with van der Waals surface area (Å²) in [6, 6.07) is 10.5. The molecule has 0 heterocycles. The van der Waals surface area contributed by atoms with Gasteiger partial charge >= 0.3 is 0 Å². The van der Waals surface area contributed by atoms with E-state index >= 15 is 0 Å². The topological polar surface area (TPSA) is 29.1 Å². The van der Waals surface area contributed by atoms with Gasteiger partial charge < -0.3 is 5.32 Å². The molecule has 2 nitrogen and oxygen atoms in total. The molecule has 1 aromatic carbocycles. The van der Waals surface area contributed by atoms with E-state index in [1.54, 1.807) is 6.92 Å². The summed E-state index contributed by atoms with van der Waals surface area (Å²) in [5.74, 6) is 0.0600. The molecule has 2 heteroatoms. The van der Waals surface area contributed by atoms with Crippen LogP contribution in [0.2, 0.25) is 0 Å². The highest BCUT2D eigenvalue weighted by molar-refractivity contribution is 5.73. The second-order valence-corrected chi connectivity index (χ2v) is 6.28. The third-order valence-electron chi connectivity index (χ3n) is 4.18. The summed E-state index contributed by atoms with van der Waals surface area (Å²) in [6.07, 6.45) is 13.1. The second kappa shape index (κ2) is 12.3. The molecule has 1 unspecified atom stereocenters. The van der Waals surface area contributed by atoms with E-state index in [9.17, 15) is 4.79 Å². The predicted octanol–water partition coefficient (Wildman–Crippen LogP) is 5.78. The smallest absolute Gasteiger partial charge is 0.217 e. The highest BCUT2D eigenvalue weighted by Gasteiger charge is 2.11. The average molecular weight is 303 g/mol. The van der Waals surface area contributed by atoms with Gasteiger partial charge in [-0.15, -0.1) is 0 Å². The van der Waals surface area contributed by atoms with Crippen molar-refractivity contribution >= 4 is 5.91 Å². The fraction of sp³-hybridized carbons (Fsp3) is 0.650. The molecular weight excluding hydrogens is 270 g/mol. The summed E-state index contributed by atoms with van der Waals surface area (Å²) in [5, 5.41) is 3.08. The van der Waals surface area contributed by atoms with Crippen molar-refractivity contribution in [2.24, 2.45) is 0 Å². The lowest BCUT2D eigenvalue weighted by atomic mass is 9.99. The summed E-state index contributed by atoms with van der Waals surface area (Å²) < 4.78 is 0. The van der Waals surface area contributed by atoms with Gasteiger partial charge in [0.15, 0.2) is 0 Å². The quantitative estimate of drug-likeness (QED) is 0.487. The van der Waals surface area contributed by atoms with Crippen LogP contribution in [-0.2, 0) is 4.79 Å². The van der Waals surface area contributed by atoms with Gasteiger partial charge in [0.05, 0.1) is 6.04 Å². The monoisotopic (exact) mass is 303 g/mol. The van der Waals surface area contributed by atoms with Crippen molar-refractivity contribution in [3.8, 4) is 0 Å². The Labute approximate surface area is 136 Å². The van der Waals surface area contributed by atoms with E-state index in [2.05, 4.69) is 24.4 Å². The SMILES string of the molecule is CCCCCCCCCCCC(NC(C)=O)c1ccccc1. The Kier molecular flexibility index (Phi) is 10.4. The standard InChI is InChI=1S/C20H33NO/c1-3-4-5-6-7-8-9-10-14-17-20(21-18(2)22)19-15-12-11-13-16-19/h11-13,15-16,20H,3-10,14,17H2,1-2H3,(H,21,22). The molecule has 0 bridgehead atoms. The minimum Gasteiger partial charge on any atom is -0.350 e. The summed E-state index contributed by atoms with van der Waals surface area (Å²) in [6.45, 7) is 3.87. The molecule has 0 aliphatic carbocycles. The number of carbonyl (C=O) groups is 1.